The van der Waals surface area contributed by atoms with E-state index in [4.69, 9.17) is 0 Å². The first-order chi connectivity index (χ1) is 11.0. The van der Waals surface area contributed by atoms with Crippen molar-refractivity contribution in [2.24, 2.45) is 11.3 Å². The highest BCUT2D eigenvalue weighted by molar-refractivity contribution is 5.81. The number of carbonyl (C=O) groups is 2. The van der Waals surface area contributed by atoms with Gasteiger partial charge in [0.2, 0.25) is 5.91 Å². The van der Waals surface area contributed by atoms with Crippen molar-refractivity contribution in [3.8, 4) is 0 Å². The fourth-order valence-corrected chi connectivity index (χ4v) is 3.97. The summed E-state index contributed by atoms with van der Waals surface area (Å²) in [7, 11) is 1.95. The number of aromatic amines is 1. The van der Waals surface area contributed by atoms with E-state index < -0.39 is 11.4 Å². The molecule has 0 radical (unpaired) electrons. The van der Waals surface area contributed by atoms with Crippen molar-refractivity contribution < 1.29 is 14.7 Å². The number of likely N-dealkylation sites (tertiary alicyclic amines) is 2. The number of amides is 1. The lowest BCUT2D eigenvalue weighted by Crippen LogP contribution is -2.52. The fourth-order valence-electron chi connectivity index (χ4n) is 3.97. The van der Waals surface area contributed by atoms with Crippen LogP contribution in [0.3, 0.4) is 0 Å². The lowest BCUT2D eigenvalue weighted by molar-refractivity contribution is -0.154. The molecule has 0 bridgehead atoms. The Balaban J connectivity index is 1.58. The quantitative estimate of drug-likeness (QED) is 0.829. The molecule has 7 heteroatoms. The number of carboxylic acid groups (broad SMARTS) is 1. The van der Waals surface area contributed by atoms with Crippen LogP contribution in [-0.2, 0) is 16.0 Å². The molecule has 3 rings (SSSR count). The van der Waals surface area contributed by atoms with Crippen molar-refractivity contribution in [1.82, 2.24) is 20.0 Å². The molecule has 126 valence electrons. The Morgan fingerprint density at radius 3 is 3.00 bits per heavy atom. The smallest absolute Gasteiger partial charge is 0.313 e. The Labute approximate surface area is 135 Å². The summed E-state index contributed by atoms with van der Waals surface area (Å²) in [5, 5.41) is 16.4. The number of hydrogen-bond donors (Lipinski definition) is 2. The van der Waals surface area contributed by atoms with Crippen LogP contribution in [0.1, 0.15) is 24.8 Å². The first-order valence-corrected chi connectivity index (χ1v) is 8.18. The molecule has 0 saturated carbocycles. The number of H-pyrrole nitrogens is 1. The zero-order valence-electron chi connectivity index (χ0n) is 13.5. The highest BCUT2D eigenvalue weighted by atomic mass is 16.4. The molecule has 2 saturated heterocycles. The maximum absolute atomic E-state index is 12.5. The monoisotopic (exact) mass is 320 g/mol. The Hall–Kier alpha value is -1.89. The summed E-state index contributed by atoms with van der Waals surface area (Å²) in [4.78, 5) is 28.2. The minimum atomic E-state index is -0.785. The summed E-state index contributed by atoms with van der Waals surface area (Å²) >= 11 is 0. The predicted octanol–water partition coefficient (Wildman–Crippen LogP) is 0.597. The first-order valence-electron chi connectivity index (χ1n) is 8.18. The van der Waals surface area contributed by atoms with E-state index in [-0.39, 0.29) is 11.8 Å². The SMILES string of the molecule is CN1CCC2CN(C(=O)CCCc3cn[nH]c3)CC2(C(=O)O)C1. The molecule has 1 amide bonds. The van der Waals surface area contributed by atoms with Crippen LogP contribution >= 0.6 is 0 Å². The third kappa shape index (κ3) is 3.10. The second kappa shape index (κ2) is 6.31. The average molecular weight is 320 g/mol. The molecule has 2 aliphatic heterocycles. The number of aromatic nitrogens is 2. The number of carboxylic acids is 1. The molecule has 1 aromatic heterocycles. The summed E-state index contributed by atoms with van der Waals surface area (Å²) in [5.74, 6) is -0.608. The highest BCUT2D eigenvalue weighted by Crippen LogP contribution is 2.42. The number of piperidine rings is 1. The van der Waals surface area contributed by atoms with Gasteiger partial charge in [-0.25, -0.2) is 0 Å². The van der Waals surface area contributed by atoms with Crippen molar-refractivity contribution in [2.75, 3.05) is 33.2 Å². The lowest BCUT2D eigenvalue weighted by Gasteiger charge is -2.39. The molecular weight excluding hydrogens is 296 g/mol. The highest BCUT2D eigenvalue weighted by Gasteiger charge is 2.55. The van der Waals surface area contributed by atoms with Gasteiger partial charge in [-0.2, -0.15) is 5.10 Å². The van der Waals surface area contributed by atoms with Crippen LogP contribution in [-0.4, -0.2) is 70.2 Å². The van der Waals surface area contributed by atoms with Crippen LogP contribution in [0.5, 0.6) is 0 Å². The Kier molecular flexibility index (Phi) is 4.39. The van der Waals surface area contributed by atoms with Crippen LogP contribution in [0.15, 0.2) is 12.4 Å². The summed E-state index contributed by atoms with van der Waals surface area (Å²) in [6, 6.07) is 0. The molecular formula is C16H24N4O3. The van der Waals surface area contributed by atoms with Gasteiger partial charge in [-0.3, -0.25) is 14.7 Å². The number of nitrogens with one attached hydrogen (secondary N) is 1. The zero-order chi connectivity index (χ0) is 16.4. The number of nitrogens with zero attached hydrogens (tertiary/aromatic N) is 3. The molecule has 1 aromatic rings. The lowest BCUT2D eigenvalue weighted by atomic mass is 9.73. The molecule has 0 aromatic carbocycles. The van der Waals surface area contributed by atoms with E-state index in [0.29, 0.717) is 26.1 Å². The number of fused-ring (bicyclic) bond motifs is 1. The van der Waals surface area contributed by atoms with Gasteiger partial charge >= 0.3 is 5.97 Å². The molecule has 0 aliphatic carbocycles. The molecule has 23 heavy (non-hydrogen) atoms. The third-order valence-electron chi connectivity index (χ3n) is 5.30. The largest absolute Gasteiger partial charge is 0.481 e. The van der Waals surface area contributed by atoms with Gasteiger partial charge in [-0.05, 0) is 44.3 Å². The fraction of sp³-hybridized carbons (Fsp3) is 0.688. The van der Waals surface area contributed by atoms with Crippen LogP contribution in [0.25, 0.3) is 0 Å². The third-order valence-corrected chi connectivity index (χ3v) is 5.30. The van der Waals surface area contributed by atoms with Gasteiger partial charge in [-0.15, -0.1) is 0 Å². The summed E-state index contributed by atoms with van der Waals surface area (Å²) < 4.78 is 0. The van der Waals surface area contributed by atoms with Gasteiger partial charge in [-0.1, -0.05) is 0 Å². The van der Waals surface area contributed by atoms with E-state index in [1.54, 1.807) is 11.1 Å². The van der Waals surface area contributed by atoms with E-state index in [0.717, 1.165) is 31.4 Å². The number of rotatable bonds is 5. The molecule has 2 atom stereocenters. The normalized spacial score (nSPS) is 27.9. The van der Waals surface area contributed by atoms with Gasteiger partial charge in [0, 0.05) is 32.3 Å². The minimum Gasteiger partial charge on any atom is -0.481 e. The van der Waals surface area contributed by atoms with Gasteiger partial charge in [0.1, 0.15) is 5.41 Å². The van der Waals surface area contributed by atoms with Crippen LogP contribution in [0.4, 0.5) is 0 Å². The van der Waals surface area contributed by atoms with Crippen LogP contribution in [0, 0.1) is 11.3 Å². The number of aliphatic carboxylic acids is 1. The average Bonchev–Trinajstić information content (AvgIpc) is 3.14. The van der Waals surface area contributed by atoms with E-state index in [1.807, 2.05) is 13.2 Å². The van der Waals surface area contributed by atoms with E-state index in [2.05, 4.69) is 15.1 Å². The molecule has 2 fully saturated rings. The number of aryl methyl sites for hydroxylation is 1. The standard InChI is InChI=1S/C16H24N4O3/c1-19-6-5-13-9-20(11-16(13,10-19)15(22)23)14(21)4-2-3-12-7-17-18-8-12/h7-8,13H,2-6,9-11H2,1H3,(H,17,18)(H,22,23). The van der Waals surface area contributed by atoms with Crippen molar-refractivity contribution in [2.45, 2.75) is 25.7 Å². The Morgan fingerprint density at radius 2 is 2.30 bits per heavy atom. The minimum absolute atomic E-state index is 0.0752. The second-order valence-corrected chi connectivity index (χ2v) is 6.92. The number of hydrogen-bond acceptors (Lipinski definition) is 4. The predicted molar refractivity (Wildman–Crippen MR) is 83.8 cm³/mol. The Bertz CT molecular complexity index is 574. The van der Waals surface area contributed by atoms with Crippen molar-refractivity contribution in [3.63, 3.8) is 0 Å². The van der Waals surface area contributed by atoms with Crippen LogP contribution in [0.2, 0.25) is 0 Å². The van der Waals surface area contributed by atoms with Gasteiger partial charge in [0.05, 0.1) is 6.20 Å². The van der Waals surface area contributed by atoms with Crippen molar-refractivity contribution in [1.29, 1.82) is 0 Å². The van der Waals surface area contributed by atoms with Crippen LogP contribution < -0.4 is 0 Å². The maximum atomic E-state index is 12.5. The number of carbonyl (C=O) groups excluding carboxylic acids is 1. The Morgan fingerprint density at radius 1 is 1.48 bits per heavy atom. The van der Waals surface area contributed by atoms with E-state index in [9.17, 15) is 14.7 Å². The summed E-state index contributed by atoms with van der Waals surface area (Å²) in [6.45, 7) is 2.38. The summed E-state index contributed by atoms with van der Waals surface area (Å²) in [6.07, 6.45) is 6.49. The van der Waals surface area contributed by atoms with Crippen molar-refractivity contribution in [3.05, 3.63) is 18.0 Å². The second-order valence-electron chi connectivity index (χ2n) is 6.92. The topological polar surface area (TPSA) is 89.5 Å². The molecule has 2 unspecified atom stereocenters. The maximum Gasteiger partial charge on any atom is 0.313 e. The first kappa shape index (κ1) is 16.0. The molecule has 3 heterocycles. The zero-order valence-corrected chi connectivity index (χ0v) is 13.5. The van der Waals surface area contributed by atoms with Gasteiger partial charge in [0.15, 0.2) is 0 Å². The molecule has 2 aliphatic rings. The van der Waals surface area contributed by atoms with Gasteiger partial charge in [0.25, 0.3) is 0 Å². The van der Waals surface area contributed by atoms with Crippen molar-refractivity contribution >= 4 is 11.9 Å². The molecule has 7 nitrogen and oxygen atoms in total. The molecule has 2 N–H and O–H groups in total. The summed E-state index contributed by atoms with van der Waals surface area (Å²) in [5.41, 5.74) is 0.309. The van der Waals surface area contributed by atoms with E-state index >= 15 is 0 Å². The van der Waals surface area contributed by atoms with E-state index in [1.165, 1.54) is 0 Å². The van der Waals surface area contributed by atoms with Gasteiger partial charge < -0.3 is 14.9 Å². The molecule has 0 spiro atoms.